The smallest absolute Gasteiger partial charge is 0.401 e. The SMILES string of the molecule is CCN(Cc1ccoc1C(=O)NN)CC(F)(F)F. The molecule has 18 heavy (non-hydrogen) atoms. The van der Waals surface area contributed by atoms with E-state index in [0.717, 1.165) is 4.90 Å². The van der Waals surface area contributed by atoms with Crippen LogP contribution in [0.3, 0.4) is 0 Å². The highest BCUT2D eigenvalue weighted by molar-refractivity contribution is 5.92. The van der Waals surface area contributed by atoms with Gasteiger partial charge in [-0.3, -0.25) is 15.1 Å². The van der Waals surface area contributed by atoms with Crippen molar-refractivity contribution in [2.75, 3.05) is 13.1 Å². The number of nitrogen functional groups attached to an aromatic ring is 1. The molecule has 0 spiro atoms. The second kappa shape index (κ2) is 5.87. The Hall–Kier alpha value is -1.54. The molecular weight excluding hydrogens is 251 g/mol. The maximum Gasteiger partial charge on any atom is 0.401 e. The molecule has 0 aromatic carbocycles. The molecule has 0 fully saturated rings. The molecule has 1 amide bonds. The van der Waals surface area contributed by atoms with Crippen LogP contribution in [0.1, 0.15) is 23.0 Å². The number of nitrogens with one attached hydrogen (secondary N) is 1. The number of carbonyl (C=O) groups is 1. The van der Waals surface area contributed by atoms with Crippen LogP contribution in [0, 0.1) is 0 Å². The second-order valence-electron chi connectivity index (χ2n) is 3.67. The third-order valence-corrected chi connectivity index (χ3v) is 2.33. The zero-order valence-corrected chi connectivity index (χ0v) is 9.75. The number of hydrogen-bond acceptors (Lipinski definition) is 4. The first-order valence-corrected chi connectivity index (χ1v) is 5.23. The van der Waals surface area contributed by atoms with Gasteiger partial charge in [0.2, 0.25) is 0 Å². The standard InChI is InChI=1S/C10H14F3N3O2/c1-2-16(6-10(11,12)13)5-7-3-4-18-8(7)9(17)15-14/h3-4H,2,5-6,14H2,1H3,(H,15,17). The van der Waals surface area contributed by atoms with Crippen molar-refractivity contribution in [3.63, 3.8) is 0 Å². The molecule has 0 unspecified atom stereocenters. The Morgan fingerprint density at radius 2 is 2.22 bits per heavy atom. The number of hydrazine groups is 1. The number of halogens is 3. The molecule has 0 saturated carbocycles. The number of furan rings is 1. The minimum atomic E-state index is -4.28. The van der Waals surface area contributed by atoms with Crippen molar-refractivity contribution in [1.82, 2.24) is 10.3 Å². The monoisotopic (exact) mass is 265 g/mol. The molecular formula is C10H14F3N3O2. The molecule has 1 heterocycles. The van der Waals surface area contributed by atoms with Crippen LogP contribution < -0.4 is 11.3 Å². The molecule has 8 heteroatoms. The van der Waals surface area contributed by atoms with E-state index in [9.17, 15) is 18.0 Å². The zero-order chi connectivity index (χ0) is 13.8. The fourth-order valence-corrected chi connectivity index (χ4v) is 1.50. The van der Waals surface area contributed by atoms with Crippen molar-refractivity contribution < 1.29 is 22.4 Å². The summed E-state index contributed by atoms with van der Waals surface area (Å²) in [5, 5.41) is 0. The van der Waals surface area contributed by atoms with E-state index in [1.807, 2.05) is 5.43 Å². The molecule has 0 aliphatic rings. The van der Waals surface area contributed by atoms with Crippen LogP contribution in [0.25, 0.3) is 0 Å². The van der Waals surface area contributed by atoms with Crippen LogP contribution >= 0.6 is 0 Å². The lowest BCUT2D eigenvalue weighted by Crippen LogP contribution is -2.35. The number of amides is 1. The molecule has 102 valence electrons. The van der Waals surface area contributed by atoms with E-state index in [-0.39, 0.29) is 18.8 Å². The van der Waals surface area contributed by atoms with Crippen LogP contribution in [0.15, 0.2) is 16.7 Å². The number of nitrogens with zero attached hydrogens (tertiary/aromatic N) is 1. The lowest BCUT2D eigenvalue weighted by molar-refractivity contribution is -0.146. The van der Waals surface area contributed by atoms with Crippen LogP contribution in [0.5, 0.6) is 0 Å². The first-order chi connectivity index (χ1) is 8.37. The van der Waals surface area contributed by atoms with Crippen LogP contribution in [0.2, 0.25) is 0 Å². The Morgan fingerprint density at radius 3 is 2.72 bits per heavy atom. The molecule has 0 radical (unpaired) electrons. The first-order valence-electron chi connectivity index (χ1n) is 5.23. The van der Waals surface area contributed by atoms with Crippen molar-refractivity contribution in [2.24, 2.45) is 5.84 Å². The molecule has 1 aromatic rings. The summed E-state index contributed by atoms with van der Waals surface area (Å²) in [7, 11) is 0. The van der Waals surface area contributed by atoms with Gasteiger partial charge >= 0.3 is 12.1 Å². The molecule has 1 aromatic heterocycles. The van der Waals surface area contributed by atoms with Gasteiger partial charge in [-0.25, -0.2) is 5.84 Å². The average molecular weight is 265 g/mol. The predicted molar refractivity (Wildman–Crippen MR) is 57.4 cm³/mol. The number of hydrogen-bond donors (Lipinski definition) is 2. The topological polar surface area (TPSA) is 71.5 Å². The van der Waals surface area contributed by atoms with Gasteiger partial charge in [-0.2, -0.15) is 13.2 Å². The number of nitrogens with two attached hydrogens (primary N) is 1. The van der Waals surface area contributed by atoms with Gasteiger partial charge in [0.15, 0.2) is 5.76 Å². The first kappa shape index (κ1) is 14.5. The summed E-state index contributed by atoms with van der Waals surface area (Å²) < 4.78 is 41.7. The molecule has 3 N–H and O–H groups in total. The Labute approximate surface area is 102 Å². The minimum Gasteiger partial charge on any atom is -0.459 e. The molecule has 1 rings (SSSR count). The molecule has 0 aliphatic heterocycles. The zero-order valence-electron chi connectivity index (χ0n) is 9.75. The summed E-state index contributed by atoms with van der Waals surface area (Å²) in [5.41, 5.74) is 2.24. The Morgan fingerprint density at radius 1 is 1.56 bits per heavy atom. The highest BCUT2D eigenvalue weighted by Crippen LogP contribution is 2.19. The molecule has 0 bridgehead atoms. The Balaban J connectivity index is 2.76. The van der Waals surface area contributed by atoms with Gasteiger partial charge in [-0.15, -0.1) is 0 Å². The van der Waals surface area contributed by atoms with Gasteiger partial charge in [-0.1, -0.05) is 6.92 Å². The van der Waals surface area contributed by atoms with Crippen LogP contribution in [-0.4, -0.2) is 30.1 Å². The van der Waals surface area contributed by atoms with Gasteiger partial charge < -0.3 is 4.42 Å². The summed E-state index contributed by atoms with van der Waals surface area (Å²) >= 11 is 0. The number of carbonyl (C=O) groups excluding carboxylic acids is 1. The van der Waals surface area contributed by atoms with E-state index in [4.69, 9.17) is 10.3 Å². The van der Waals surface area contributed by atoms with Gasteiger partial charge in [0.1, 0.15) is 0 Å². The van der Waals surface area contributed by atoms with Crippen molar-refractivity contribution in [3.05, 3.63) is 23.7 Å². The maximum absolute atomic E-state index is 12.3. The van der Waals surface area contributed by atoms with E-state index in [2.05, 4.69) is 0 Å². The van der Waals surface area contributed by atoms with Gasteiger partial charge in [0.25, 0.3) is 0 Å². The predicted octanol–water partition coefficient (Wildman–Crippen LogP) is 1.27. The molecule has 5 nitrogen and oxygen atoms in total. The molecule has 0 saturated heterocycles. The van der Waals surface area contributed by atoms with E-state index < -0.39 is 18.6 Å². The summed E-state index contributed by atoms with van der Waals surface area (Å²) in [6.45, 7) is 0.733. The quantitative estimate of drug-likeness (QED) is 0.478. The van der Waals surface area contributed by atoms with E-state index in [1.54, 1.807) is 6.92 Å². The van der Waals surface area contributed by atoms with Crippen LogP contribution in [0.4, 0.5) is 13.2 Å². The van der Waals surface area contributed by atoms with Crippen LogP contribution in [-0.2, 0) is 6.54 Å². The largest absolute Gasteiger partial charge is 0.459 e. The number of alkyl halides is 3. The average Bonchev–Trinajstić information content (AvgIpc) is 2.73. The summed E-state index contributed by atoms with van der Waals surface area (Å²) in [6, 6.07) is 1.45. The van der Waals surface area contributed by atoms with Crippen molar-refractivity contribution >= 4 is 5.91 Å². The summed E-state index contributed by atoms with van der Waals surface area (Å²) in [4.78, 5) is 12.4. The van der Waals surface area contributed by atoms with E-state index in [1.165, 1.54) is 12.3 Å². The van der Waals surface area contributed by atoms with Crippen molar-refractivity contribution in [1.29, 1.82) is 0 Å². The highest BCUT2D eigenvalue weighted by atomic mass is 19.4. The third kappa shape index (κ3) is 4.04. The Kier molecular flexibility index (Phi) is 4.74. The summed E-state index contributed by atoms with van der Waals surface area (Å²) in [5.74, 6) is 4.20. The highest BCUT2D eigenvalue weighted by Gasteiger charge is 2.30. The maximum atomic E-state index is 12.3. The van der Waals surface area contributed by atoms with Gasteiger partial charge in [0, 0.05) is 12.1 Å². The Bertz CT molecular complexity index is 403. The lowest BCUT2D eigenvalue weighted by Gasteiger charge is -2.21. The fraction of sp³-hybridized carbons (Fsp3) is 0.500. The van der Waals surface area contributed by atoms with E-state index >= 15 is 0 Å². The lowest BCUT2D eigenvalue weighted by atomic mass is 10.2. The minimum absolute atomic E-state index is 0.0325. The van der Waals surface area contributed by atoms with Crippen molar-refractivity contribution in [3.8, 4) is 0 Å². The normalized spacial score (nSPS) is 11.9. The third-order valence-electron chi connectivity index (χ3n) is 2.33. The van der Waals surface area contributed by atoms with Gasteiger partial charge in [-0.05, 0) is 12.6 Å². The van der Waals surface area contributed by atoms with Crippen molar-refractivity contribution in [2.45, 2.75) is 19.6 Å². The fourth-order valence-electron chi connectivity index (χ4n) is 1.50. The second-order valence-corrected chi connectivity index (χ2v) is 3.67. The summed E-state index contributed by atoms with van der Waals surface area (Å²) in [6.07, 6.45) is -3.04. The molecule has 0 atom stereocenters. The number of rotatable bonds is 5. The van der Waals surface area contributed by atoms with E-state index in [0.29, 0.717) is 5.56 Å². The molecule has 0 aliphatic carbocycles. The van der Waals surface area contributed by atoms with Gasteiger partial charge in [0.05, 0.1) is 12.8 Å².